The largest absolute Gasteiger partial charge is 0.418 e. The number of thiol groups is 1. The molecule has 0 aliphatic rings. The van der Waals surface area contributed by atoms with Crippen molar-refractivity contribution in [3.05, 3.63) is 0 Å². The number of hydrogen-bond acceptors (Lipinski definition) is 2. The lowest BCUT2D eigenvalue weighted by Gasteiger charge is -2.22. The third-order valence-electron chi connectivity index (χ3n) is 3.62. The van der Waals surface area contributed by atoms with Crippen molar-refractivity contribution in [1.82, 2.24) is 0 Å². The highest BCUT2D eigenvalue weighted by atomic mass is 32.1. The van der Waals surface area contributed by atoms with Gasteiger partial charge >= 0.3 is 0 Å². The number of carbonyl (C=O) groups is 1. The molecule has 0 saturated carbocycles. The Morgan fingerprint density at radius 3 is 2.26 bits per heavy atom. The predicted molar refractivity (Wildman–Crippen MR) is 89.4 cm³/mol. The Kier molecular flexibility index (Phi) is 11.0. The third kappa shape index (κ3) is 10.6. The fourth-order valence-corrected chi connectivity index (χ4v) is 4.69. The molecule has 0 rings (SSSR count). The summed E-state index contributed by atoms with van der Waals surface area (Å²) >= 11 is 4.05. The highest BCUT2D eigenvalue weighted by Crippen LogP contribution is 2.23. The topological polar surface area (TPSA) is 26.3 Å². The van der Waals surface area contributed by atoms with Crippen LogP contribution in [-0.4, -0.2) is 20.0 Å². The summed E-state index contributed by atoms with van der Waals surface area (Å²) < 4.78 is 5.82. The Hall–Kier alpha value is 0.197. The molecule has 19 heavy (non-hydrogen) atoms. The van der Waals surface area contributed by atoms with Gasteiger partial charge in [-0.3, -0.25) is 4.79 Å². The maximum atomic E-state index is 11.5. The van der Waals surface area contributed by atoms with Crippen LogP contribution in [0, 0.1) is 5.92 Å². The lowest BCUT2D eigenvalue weighted by molar-refractivity contribution is -0.114. The molecule has 0 spiro atoms. The zero-order valence-corrected chi connectivity index (χ0v) is 15.1. The minimum atomic E-state index is -1.49. The van der Waals surface area contributed by atoms with Crippen molar-refractivity contribution in [3.8, 4) is 0 Å². The van der Waals surface area contributed by atoms with Crippen LogP contribution in [0.15, 0.2) is 0 Å². The first-order valence-corrected chi connectivity index (χ1v) is 11.4. The van der Waals surface area contributed by atoms with E-state index in [2.05, 4.69) is 39.6 Å². The van der Waals surface area contributed by atoms with Crippen LogP contribution in [0.5, 0.6) is 0 Å². The average Bonchev–Trinajstić information content (AvgIpc) is 2.31. The summed E-state index contributed by atoms with van der Waals surface area (Å²) in [4.78, 5) is 11.5. The van der Waals surface area contributed by atoms with Gasteiger partial charge in [0.25, 0.3) is 0 Å². The van der Waals surface area contributed by atoms with Crippen LogP contribution >= 0.6 is 12.6 Å². The number of unbranched alkanes of at least 4 members (excludes halogenated alkanes) is 3. The van der Waals surface area contributed by atoms with E-state index in [9.17, 15) is 4.79 Å². The molecule has 0 amide bonds. The summed E-state index contributed by atoms with van der Waals surface area (Å²) in [6.45, 7) is 9.60. The van der Waals surface area contributed by atoms with E-state index in [1.807, 2.05) is 0 Å². The van der Waals surface area contributed by atoms with Crippen molar-refractivity contribution in [2.24, 2.45) is 5.92 Å². The van der Waals surface area contributed by atoms with Crippen molar-refractivity contribution in [2.45, 2.75) is 77.9 Å². The molecule has 0 bridgehead atoms. The fraction of sp³-hybridized carbons (Fsp3) is 0.933. The molecule has 0 aromatic carbocycles. The van der Waals surface area contributed by atoms with E-state index in [0.29, 0.717) is 0 Å². The zero-order valence-electron chi connectivity index (χ0n) is 13.2. The quantitative estimate of drug-likeness (QED) is 0.310. The van der Waals surface area contributed by atoms with Crippen LogP contribution in [0.1, 0.15) is 58.8 Å². The molecule has 114 valence electrons. The molecule has 1 atom stereocenters. The maximum Gasteiger partial charge on any atom is 0.188 e. The highest BCUT2D eigenvalue weighted by Gasteiger charge is 2.22. The Balaban J connectivity index is 3.91. The summed E-state index contributed by atoms with van der Waals surface area (Å²) in [6, 6.07) is 1.15. The molecule has 1 unspecified atom stereocenters. The third-order valence-corrected chi connectivity index (χ3v) is 6.61. The van der Waals surface area contributed by atoms with Crippen molar-refractivity contribution in [3.63, 3.8) is 0 Å². The van der Waals surface area contributed by atoms with Gasteiger partial charge in [-0.15, -0.1) is 12.6 Å². The summed E-state index contributed by atoms with van der Waals surface area (Å²) in [6.07, 6.45) is 8.02. The summed E-state index contributed by atoms with van der Waals surface area (Å²) in [5, 5.41) is 0.0763. The van der Waals surface area contributed by atoms with Gasteiger partial charge in [-0.05, 0) is 38.9 Å². The van der Waals surface area contributed by atoms with Gasteiger partial charge in [0.05, 0.1) is 0 Å². The molecular weight excluding hydrogens is 272 g/mol. The zero-order chi connectivity index (χ0) is 14.7. The molecule has 4 heteroatoms. The fourth-order valence-electron chi connectivity index (χ4n) is 2.45. The average molecular weight is 305 g/mol. The molecule has 0 saturated heterocycles. The predicted octanol–water partition coefficient (Wildman–Crippen LogP) is 5.05. The van der Waals surface area contributed by atoms with Gasteiger partial charge in [-0.25, -0.2) is 0 Å². The first-order chi connectivity index (χ1) is 8.93. The molecule has 0 radical (unpaired) electrons. The Bertz CT molecular complexity index is 244. The highest BCUT2D eigenvalue weighted by molar-refractivity contribution is 7.96. The first kappa shape index (κ1) is 19.2. The molecule has 0 aliphatic carbocycles. The Morgan fingerprint density at radius 2 is 1.74 bits per heavy atom. The van der Waals surface area contributed by atoms with Gasteiger partial charge in [0, 0.05) is 12.5 Å². The standard InChI is InChI=1S/C15H32O2SSi/c1-5-7-8-9-11-14(15(16)18)12-10-13-19(3,4)17-6-2/h14H,5-13H2,1-4H3,(H,16,18). The second-order valence-electron chi connectivity index (χ2n) is 5.97. The van der Waals surface area contributed by atoms with Crippen LogP contribution in [-0.2, 0) is 9.22 Å². The molecule has 0 aliphatic heterocycles. The van der Waals surface area contributed by atoms with Crippen LogP contribution in [0.4, 0.5) is 0 Å². The first-order valence-electron chi connectivity index (χ1n) is 7.79. The molecule has 0 N–H and O–H groups in total. The van der Waals surface area contributed by atoms with E-state index in [1.165, 1.54) is 19.3 Å². The molecule has 2 nitrogen and oxygen atoms in total. The van der Waals surface area contributed by atoms with Crippen molar-refractivity contribution in [2.75, 3.05) is 6.61 Å². The summed E-state index contributed by atoms with van der Waals surface area (Å²) in [5.74, 6) is 0.159. The maximum absolute atomic E-state index is 11.5. The smallest absolute Gasteiger partial charge is 0.188 e. The van der Waals surface area contributed by atoms with Crippen molar-refractivity contribution >= 4 is 26.1 Å². The number of carbonyl (C=O) groups excluding carboxylic acids is 1. The van der Waals surface area contributed by atoms with Crippen LogP contribution < -0.4 is 0 Å². The van der Waals surface area contributed by atoms with Gasteiger partial charge in [0.2, 0.25) is 0 Å². The van der Waals surface area contributed by atoms with Crippen LogP contribution in [0.3, 0.4) is 0 Å². The van der Waals surface area contributed by atoms with E-state index in [1.54, 1.807) is 0 Å². The minimum absolute atomic E-state index is 0.0763. The van der Waals surface area contributed by atoms with Gasteiger partial charge in [-0.1, -0.05) is 39.0 Å². The van der Waals surface area contributed by atoms with Gasteiger partial charge in [0.15, 0.2) is 13.4 Å². The van der Waals surface area contributed by atoms with E-state index >= 15 is 0 Å². The van der Waals surface area contributed by atoms with Gasteiger partial charge in [-0.2, -0.15) is 0 Å². The second-order valence-corrected chi connectivity index (χ2v) is 10.7. The Morgan fingerprint density at radius 1 is 1.11 bits per heavy atom. The minimum Gasteiger partial charge on any atom is -0.418 e. The molecule has 0 heterocycles. The van der Waals surface area contributed by atoms with E-state index < -0.39 is 8.32 Å². The molecule has 0 aromatic rings. The molecule has 0 aromatic heterocycles. The second kappa shape index (κ2) is 10.9. The monoisotopic (exact) mass is 304 g/mol. The lowest BCUT2D eigenvalue weighted by atomic mass is 9.97. The van der Waals surface area contributed by atoms with Gasteiger partial charge in [0.1, 0.15) is 0 Å². The lowest BCUT2D eigenvalue weighted by Crippen LogP contribution is -2.30. The van der Waals surface area contributed by atoms with E-state index in [4.69, 9.17) is 4.43 Å². The summed E-state index contributed by atoms with van der Waals surface area (Å²) in [5.41, 5.74) is 0. The normalized spacial score (nSPS) is 13.5. The number of hydrogen-bond donors (Lipinski definition) is 1. The Labute approximate surface area is 126 Å². The van der Waals surface area contributed by atoms with Crippen molar-refractivity contribution < 1.29 is 9.22 Å². The van der Waals surface area contributed by atoms with E-state index in [0.717, 1.165) is 38.3 Å². The number of rotatable bonds is 12. The van der Waals surface area contributed by atoms with Crippen LogP contribution in [0.25, 0.3) is 0 Å². The SMILES string of the molecule is CCCCCCC(CCC[Si](C)(C)OCC)C(=O)S. The van der Waals surface area contributed by atoms with E-state index in [-0.39, 0.29) is 11.0 Å². The van der Waals surface area contributed by atoms with Crippen LogP contribution in [0.2, 0.25) is 19.1 Å². The summed E-state index contributed by atoms with van der Waals surface area (Å²) in [7, 11) is -1.49. The van der Waals surface area contributed by atoms with Gasteiger partial charge < -0.3 is 4.43 Å². The van der Waals surface area contributed by atoms with Crippen molar-refractivity contribution in [1.29, 1.82) is 0 Å². The molecule has 0 fully saturated rings. The molecular formula is C15H32O2SSi.